The number of benzene rings is 2. The summed E-state index contributed by atoms with van der Waals surface area (Å²) in [5.74, 6) is 1.68. The van der Waals surface area contributed by atoms with Gasteiger partial charge >= 0.3 is 0 Å². The van der Waals surface area contributed by atoms with Crippen molar-refractivity contribution in [3.63, 3.8) is 0 Å². The van der Waals surface area contributed by atoms with Gasteiger partial charge in [0.15, 0.2) is 0 Å². The molecule has 0 spiro atoms. The first-order valence-corrected chi connectivity index (χ1v) is 9.14. The summed E-state index contributed by atoms with van der Waals surface area (Å²) in [5, 5.41) is 3.38. The van der Waals surface area contributed by atoms with E-state index in [0.717, 1.165) is 48.7 Å². The van der Waals surface area contributed by atoms with E-state index >= 15 is 0 Å². The molecule has 0 aromatic heterocycles. The van der Waals surface area contributed by atoms with Gasteiger partial charge in [-0.2, -0.15) is 0 Å². The van der Waals surface area contributed by atoms with E-state index in [2.05, 4.69) is 51.3 Å². The van der Waals surface area contributed by atoms with Crippen molar-refractivity contribution in [2.24, 2.45) is 0 Å². The highest BCUT2D eigenvalue weighted by Gasteiger charge is 2.08. The number of allylic oxidation sites excluding steroid dienone is 1. The molecule has 4 heteroatoms. The molecule has 0 amide bonds. The summed E-state index contributed by atoms with van der Waals surface area (Å²) in [6, 6.07) is 16.2. The van der Waals surface area contributed by atoms with Gasteiger partial charge in [0.25, 0.3) is 0 Å². The van der Waals surface area contributed by atoms with Gasteiger partial charge in [-0.05, 0) is 58.3 Å². The highest BCUT2D eigenvalue weighted by Crippen LogP contribution is 2.29. The number of para-hydroxylation sites is 1. The number of hydrogen-bond donors (Lipinski definition) is 1. The van der Waals surface area contributed by atoms with Crippen LogP contribution in [0.1, 0.15) is 12.5 Å². The topological polar surface area (TPSA) is 24.5 Å². The van der Waals surface area contributed by atoms with Crippen LogP contribution in [-0.2, 0) is 0 Å². The second-order valence-corrected chi connectivity index (χ2v) is 6.85. The summed E-state index contributed by atoms with van der Waals surface area (Å²) < 4.78 is 6.88. The minimum Gasteiger partial charge on any atom is -0.456 e. The lowest BCUT2D eigenvalue weighted by molar-refractivity contribution is 0.265. The standard InChI is InChI=1S/C20H23BrN2O/c1-16(10-13-23-14-11-22-12-15-23)17-6-8-18(9-7-17)24-20-5-3-2-4-19(20)21/h2-10,22H,11-15H2,1H3. The van der Waals surface area contributed by atoms with Crippen molar-refractivity contribution < 1.29 is 4.74 Å². The van der Waals surface area contributed by atoms with Crippen LogP contribution in [0.25, 0.3) is 5.57 Å². The van der Waals surface area contributed by atoms with Crippen LogP contribution in [0.5, 0.6) is 11.5 Å². The van der Waals surface area contributed by atoms with Gasteiger partial charge in [-0.15, -0.1) is 0 Å². The molecule has 0 aliphatic carbocycles. The lowest BCUT2D eigenvalue weighted by Crippen LogP contribution is -2.43. The highest BCUT2D eigenvalue weighted by atomic mass is 79.9. The van der Waals surface area contributed by atoms with Gasteiger partial charge in [-0.1, -0.05) is 30.3 Å². The van der Waals surface area contributed by atoms with Crippen LogP contribution in [0.4, 0.5) is 0 Å². The molecule has 1 aliphatic rings. The predicted octanol–water partition coefficient (Wildman–Crippen LogP) is 4.55. The molecule has 0 unspecified atom stereocenters. The zero-order chi connectivity index (χ0) is 16.8. The number of piperazine rings is 1. The molecule has 24 heavy (non-hydrogen) atoms. The Balaban J connectivity index is 1.62. The van der Waals surface area contributed by atoms with Crippen LogP contribution >= 0.6 is 15.9 Å². The number of rotatable bonds is 5. The lowest BCUT2D eigenvalue weighted by Gasteiger charge is -2.26. The maximum absolute atomic E-state index is 5.92. The Labute approximate surface area is 152 Å². The number of ether oxygens (including phenoxy) is 1. The van der Waals surface area contributed by atoms with Crippen molar-refractivity contribution in [1.29, 1.82) is 0 Å². The third-order valence-corrected chi connectivity index (χ3v) is 4.89. The number of nitrogens with zero attached hydrogens (tertiary/aromatic N) is 1. The quantitative estimate of drug-likeness (QED) is 0.815. The number of hydrogen-bond acceptors (Lipinski definition) is 3. The smallest absolute Gasteiger partial charge is 0.141 e. The maximum atomic E-state index is 5.92. The number of nitrogens with one attached hydrogen (secondary N) is 1. The highest BCUT2D eigenvalue weighted by molar-refractivity contribution is 9.10. The van der Waals surface area contributed by atoms with Gasteiger partial charge < -0.3 is 10.1 Å². The molecule has 1 heterocycles. The van der Waals surface area contributed by atoms with Crippen LogP contribution in [-0.4, -0.2) is 37.6 Å². The Morgan fingerprint density at radius 3 is 2.54 bits per heavy atom. The molecule has 1 aliphatic heterocycles. The summed E-state index contributed by atoms with van der Waals surface area (Å²) in [6.07, 6.45) is 2.31. The summed E-state index contributed by atoms with van der Waals surface area (Å²) in [4.78, 5) is 2.48. The van der Waals surface area contributed by atoms with E-state index in [1.165, 1.54) is 11.1 Å². The summed E-state index contributed by atoms with van der Waals surface area (Å²) in [7, 11) is 0. The van der Waals surface area contributed by atoms with E-state index < -0.39 is 0 Å². The van der Waals surface area contributed by atoms with Gasteiger partial charge in [0.05, 0.1) is 4.47 Å². The molecule has 3 nitrogen and oxygen atoms in total. The normalized spacial score (nSPS) is 16.2. The average Bonchev–Trinajstić information content (AvgIpc) is 2.63. The summed E-state index contributed by atoms with van der Waals surface area (Å²) in [5.41, 5.74) is 2.55. The Morgan fingerprint density at radius 2 is 1.83 bits per heavy atom. The first kappa shape index (κ1) is 17.2. The zero-order valence-corrected chi connectivity index (χ0v) is 15.6. The Morgan fingerprint density at radius 1 is 1.12 bits per heavy atom. The third-order valence-electron chi connectivity index (χ3n) is 4.24. The molecule has 1 fully saturated rings. The van der Waals surface area contributed by atoms with Gasteiger partial charge in [0.2, 0.25) is 0 Å². The molecule has 1 saturated heterocycles. The van der Waals surface area contributed by atoms with Crippen molar-refractivity contribution in [3.8, 4) is 11.5 Å². The number of halogens is 1. The van der Waals surface area contributed by atoms with E-state index in [1.807, 2.05) is 36.4 Å². The molecule has 0 saturated carbocycles. The predicted molar refractivity (Wildman–Crippen MR) is 104 cm³/mol. The van der Waals surface area contributed by atoms with Crippen molar-refractivity contribution in [3.05, 3.63) is 64.6 Å². The van der Waals surface area contributed by atoms with E-state index in [-0.39, 0.29) is 0 Å². The third kappa shape index (κ3) is 4.69. The summed E-state index contributed by atoms with van der Waals surface area (Å²) >= 11 is 3.51. The zero-order valence-electron chi connectivity index (χ0n) is 14.0. The SMILES string of the molecule is CC(=CCN1CCNCC1)c1ccc(Oc2ccccc2Br)cc1. The largest absolute Gasteiger partial charge is 0.456 e. The Bertz CT molecular complexity index is 691. The second-order valence-electron chi connectivity index (χ2n) is 5.99. The van der Waals surface area contributed by atoms with Crippen LogP contribution in [0.15, 0.2) is 59.1 Å². The molecule has 2 aromatic rings. The molecule has 0 bridgehead atoms. The van der Waals surface area contributed by atoms with Gasteiger partial charge in [-0.25, -0.2) is 0 Å². The van der Waals surface area contributed by atoms with E-state index in [1.54, 1.807) is 0 Å². The van der Waals surface area contributed by atoms with Crippen LogP contribution in [0.2, 0.25) is 0 Å². The Hall–Kier alpha value is -1.62. The molecule has 0 atom stereocenters. The molecular formula is C20H23BrN2O. The fourth-order valence-corrected chi connectivity index (χ4v) is 3.08. The first-order chi connectivity index (χ1) is 11.7. The monoisotopic (exact) mass is 386 g/mol. The molecule has 0 radical (unpaired) electrons. The average molecular weight is 387 g/mol. The van der Waals surface area contributed by atoms with Crippen molar-refractivity contribution in [1.82, 2.24) is 10.2 Å². The van der Waals surface area contributed by atoms with Crippen LogP contribution < -0.4 is 10.1 Å². The first-order valence-electron chi connectivity index (χ1n) is 8.35. The van der Waals surface area contributed by atoms with Crippen LogP contribution in [0, 0.1) is 0 Å². The molecular weight excluding hydrogens is 364 g/mol. The van der Waals surface area contributed by atoms with E-state index in [0.29, 0.717) is 0 Å². The van der Waals surface area contributed by atoms with Crippen LogP contribution in [0.3, 0.4) is 0 Å². The lowest BCUT2D eigenvalue weighted by atomic mass is 10.1. The molecule has 2 aromatic carbocycles. The second kappa shape index (κ2) is 8.47. The van der Waals surface area contributed by atoms with E-state index in [9.17, 15) is 0 Å². The van der Waals surface area contributed by atoms with Crippen molar-refractivity contribution in [2.45, 2.75) is 6.92 Å². The fourth-order valence-electron chi connectivity index (χ4n) is 2.72. The van der Waals surface area contributed by atoms with E-state index in [4.69, 9.17) is 4.74 Å². The maximum Gasteiger partial charge on any atom is 0.141 e. The van der Waals surface area contributed by atoms with Gasteiger partial charge in [-0.3, -0.25) is 4.90 Å². The Kier molecular flexibility index (Phi) is 6.07. The minimum atomic E-state index is 0.830. The van der Waals surface area contributed by atoms with Gasteiger partial charge in [0.1, 0.15) is 11.5 Å². The van der Waals surface area contributed by atoms with Crippen molar-refractivity contribution >= 4 is 21.5 Å². The van der Waals surface area contributed by atoms with Crippen molar-refractivity contribution in [2.75, 3.05) is 32.7 Å². The van der Waals surface area contributed by atoms with Gasteiger partial charge in [0, 0.05) is 32.7 Å². The fraction of sp³-hybridized carbons (Fsp3) is 0.300. The molecule has 1 N–H and O–H groups in total. The molecule has 3 rings (SSSR count). The molecule has 126 valence electrons. The minimum absolute atomic E-state index is 0.830. The summed E-state index contributed by atoms with van der Waals surface area (Å²) in [6.45, 7) is 7.63.